The fourth-order valence-corrected chi connectivity index (χ4v) is 1.94. The van der Waals surface area contributed by atoms with Crippen LogP contribution in [0.2, 0.25) is 5.02 Å². The number of nitrogens with one attached hydrogen (secondary N) is 3. The van der Waals surface area contributed by atoms with Gasteiger partial charge < -0.3 is 10.6 Å². The minimum atomic E-state index is -0.338. The van der Waals surface area contributed by atoms with E-state index in [4.69, 9.17) is 11.6 Å². The first-order valence-corrected chi connectivity index (χ1v) is 6.76. The number of aromatic amines is 1. The van der Waals surface area contributed by atoms with Gasteiger partial charge in [0.2, 0.25) is 5.82 Å². The number of carbonyl (C=O) groups is 1. The first kappa shape index (κ1) is 14.0. The van der Waals surface area contributed by atoms with Gasteiger partial charge in [-0.15, -0.1) is 10.2 Å². The minimum Gasteiger partial charge on any atom is -0.308 e. The van der Waals surface area contributed by atoms with Crippen molar-refractivity contribution in [1.29, 1.82) is 0 Å². The fourth-order valence-electron chi connectivity index (χ4n) is 1.81. The SMILES string of the molecule is O=C(Nc1ccc(Cl)cc1)Nc1ccc(-c2nn[nH]n2)cc1. The average Bonchev–Trinajstić information content (AvgIpc) is 3.05. The molecule has 0 aliphatic rings. The molecule has 1 heterocycles. The van der Waals surface area contributed by atoms with E-state index in [0.717, 1.165) is 5.56 Å². The third-order valence-electron chi connectivity index (χ3n) is 2.85. The second kappa shape index (κ2) is 6.23. The molecule has 0 aliphatic heterocycles. The van der Waals surface area contributed by atoms with Crippen LogP contribution >= 0.6 is 11.6 Å². The van der Waals surface area contributed by atoms with Gasteiger partial charge >= 0.3 is 6.03 Å². The zero-order valence-corrected chi connectivity index (χ0v) is 12.0. The van der Waals surface area contributed by atoms with Crippen LogP contribution in [0.1, 0.15) is 0 Å². The highest BCUT2D eigenvalue weighted by Gasteiger charge is 2.05. The van der Waals surface area contributed by atoms with Crippen LogP contribution in [0.15, 0.2) is 48.5 Å². The summed E-state index contributed by atoms with van der Waals surface area (Å²) >= 11 is 5.79. The summed E-state index contributed by atoms with van der Waals surface area (Å²) in [5.74, 6) is 0.497. The molecule has 8 heteroatoms. The number of hydrogen-bond donors (Lipinski definition) is 3. The smallest absolute Gasteiger partial charge is 0.308 e. The lowest BCUT2D eigenvalue weighted by Crippen LogP contribution is -2.19. The highest BCUT2D eigenvalue weighted by Crippen LogP contribution is 2.17. The van der Waals surface area contributed by atoms with Crippen molar-refractivity contribution < 1.29 is 4.79 Å². The van der Waals surface area contributed by atoms with Crippen LogP contribution in [-0.2, 0) is 0 Å². The topological polar surface area (TPSA) is 95.6 Å². The molecule has 3 aromatic rings. The van der Waals surface area contributed by atoms with E-state index in [1.807, 2.05) is 0 Å². The molecule has 0 atom stereocenters. The van der Waals surface area contributed by atoms with Gasteiger partial charge in [0.1, 0.15) is 0 Å². The number of aromatic nitrogens is 4. The predicted octanol–water partition coefficient (Wildman–Crippen LogP) is 3.16. The number of anilines is 2. The number of carbonyl (C=O) groups excluding carboxylic acids is 1. The Hall–Kier alpha value is -2.93. The molecule has 0 saturated heterocycles. The number of tetrazole rings is 1. The summed E-state index contributed by atoms with van der Waals surface area (Å²) in [6.45, 7) is 0. The lowest BCUT2D eigenvalue weighted by Gasteiger charge is -2.08. The quantitative estimate of drug-likeness (QED) is 0.692. The van der Waals surface area contributed by atoms with E-state index >= 15 is 0 Å². The number of amides is 2. The number of benzene rings is 2. The lowest BCUT2D eigenvalue weighted by molar-refractivity contribution is 0.262. The first-order chi connectivity index (χ1) is 10.7. The van der Waals surface area contributed by atoms with Crippen molar-refractivity contribution in [3.63, 3.8) is 0 Å². The van der Waals surface area contributed by atoms with Crippen molar-refractivity contribution in [2.45, 2.75) is 0 Å². The molecule has 2 amide bonds. The number of nitrogens with zero attached hydrogens (tertiary/aromatic N) is 3. The van der Waals surface area contributed by atoms with Gasteiger partial charge in [-0.1, -0.05) is 11.6 Å². The van der Waals surface area contributed by atoms with Gasteiger partial charge in [0.15, 0.2) is 0 Å². The van der Waals surface area contributed by atoms with Crippen LogP contribution in [-0.4, -0.2) is 26.7 Å². The largest absolute Gasteiger partial charge is 0.323 e. The third-order valence-corrected chi connectivity index (χ3v) is 3.10. The molecule has 0 aliphatic carbocycles. The summed E-state index contributed by atoms with van der Waals surface area (Å²) in [7, 11) is 0. The van der Waals surface area contributed by atoms with Crippen LogP contribution < -0.4 is 10.6 Å². The summed E-state index contributed by atoms with van der Waals surface area (Å²) in [6.07, 6.45) is 0. The molecule has 0 fully saturated rings. The summed E-state index contributed by atoms with van der Waals surface area (Å²) < 4.78 is 0. The standard InChI is InChI=1S/C14H11ClN6O/c15-10-3-7-12(8-4-10)17-14(22)16-11-5-1-9(2-6-11)13-18-20-21-19-13/h1-8H,(H2,16,17,22)(H,18,19,20,21). The van der Waals surface area contributed by atoms with Gasteiger partial charge in [-0.25, -0.2) is 4.79 Å². The van der Waals surface area contributed by atoms with Gasteiger partial charge in [-0.3, -0.25) is 0 Å². The van der Waals surface area contributed by atoms with Gasteiger partial charge in [-0.05, 0) is 53.7 Å². The second-order valence-electron chi connectivity index (χ2n) is 4.40. The van der Waals surface area contributed by atoms with E-state index in [0.29, 0.717) is 22.2 Å². The molecule has 0 saturated carbocycles. The monoisotopic (exact) mass is 314 g/mol. The highest BCUT2D eigenvalue weighted by atomic mass is 35.5. The Bertz CT molecular complexity index is 755. The number of halogens is 1. The van der Waals surface area contributed by atoms with Gasteiger partial charge in [0, 0.05) is 22.0 Å². The van der Waals surface area contributed by atoms with E-state index in [1.54, 1.807) is 48.5 Å². The first-order valence-electron chi connectivity index (χ1n) is 6.38. The predicted molar refractivity (Wildman–Crippen MR) is 83.7 cm³/mol. The molecule has 0 unspecified atom stereocenters. The molecular weight excluding hydrogens is 304 g/mol. The highest BCUT2D eigenvalue weighted by molar-refractivity contribution is 6.30. The Balaban J connectivity index is 1.63. The van der Waals surface area contributed by atoms with Gasteiger partial charge in [0.05, 0.1) is 0 Å². The number of H-pyrrole nitrogens is 1. The van der Waals surface area contributed by atoms with Crippen molar-refractivity contribution in [2.24, 2.45) is 0 Å². The minimum absolute atomic E-state index is 0.338. The molecule has 7 nitrogen and oxygen atoms in total. The lowest BCUT2D eigenvalue weighted by atomic mass is 10.2. The molecule has 0 spiro atoms. The average molecular weight is 315 g/mol. The maximum Gasteiger partial charge on any atom is 0.323 e. The zero-order chi connectivity index (χ0) is 15.4. The van der Waals surface area contributed by atoms with Crippen LogP contribution in [0.4, 0.5) is 16.2 Å². The number of rotatable bonds is 3. The molecule has 110 valence electrons. The molecule has 0 bridgehead atoms. The van der Waals surface area contributed by atoms with Crippen LogP contribution in [0.25, 0.3) is 11.4 Å². The van der Waals surface area contributed by atoms with E-state index in [2.05, 4.69) is 31.3 Å². The van der Waals surface area contributed by atoms with Crippen LogP contribution in [0.5, 0.6) is 0 Å². The Morgan fingerprint density at radius 1 is 0.955 bits per heavy atom. The summed E-state index contributed by atoms with van der Waals surface area (Å²) in [4.78, 5) is 11.9. The molecule has 3 N–H and O–H groups in total. The third kappa shape index (κ3) is 3.39. The van der Waals surface area contributed by atoms with Crippen molar-refractivity contribution in [1.82, 2.24) is 20.6 Å². The van der Waals surface area contributed by atoms with E-state index in [1.165, 1.54) is 0 Å². The van der Waals surface area contributed by atoms with Crippen molar-refractivity contribution in [3.8, 4) is 11.4 Å². The maximum absolute atomic E-state index is 11.9. The van der Waals surface area contributed by atoms with E-state index in [-0.39, 0.29) is 6.03 Å². The zero-order valence-electron chi connectivity index (χ0n) is 11.2. The summed E-state index contributed by atoms with van der Waals surface area (Å²) in [6, 6.07) is 13.6. The summed E-state index contributed by atoms with van der Waals surface area (Å²) in [5.41, 5.74) is 2.11. The Labute approximate surface area is 130 Å². The molecule has 1 aromatic heterocycles. The molecule has 2 aromatic carbocycles. The van der Waals surface area contributed by atoms with Crippen LogP contribution in [0.3, 0.4) is 0 Å². The maximum atomic E-state index is 11.9. The molecular formula is C14H11ClN6O. The number of urea groups is 1. The van der Waals surface area contributed by atoms with E-state index < -0.39 is 0 Å². The van der Waals surface area contributed by atoms with Crippen molar-refractivity contribution in [2.75, 3.05) is 10.6 Å². The van der Waals surface area contributed by atoms with Crippen molar-refractivity contribution >= 4 is 29.0 Å². The second-order valence-corrected chi connectivity index (χ2v) is 4.84. The van der Waals surface area contributed by atoms with Crippen molar-refractivity contribution in [3.05, 3.63) is 53.6 Å². The van der Waals surface area contributed by atoms with E-state index in [9.17, 15) is 4.79 Å². The fraction of sp³-hybridized carbons (Fsp3) is 0. The van der Waals surface area contributed by atoms with Gasteiger partial charge in [-0.2, -0.15) is 5.21 Å². The Morgan fingerprint density at radius 2 is 1.55 bits per heavy atom. The van der Waals surface area contributed by atoms with Gasteiger partial charge in [0.25, 0.3) is 0 Å². The van der Waals surface area contributed by atoms with Crippen LogP contribution in [0, 0.1) is 0 Å². The Morgan fingerprint density at radius 3 is 2.09 bits per heavy atom. The molecule has 0 radical (unpaired) electrons. The normalized spacial score (nSPS) is 10.2. The molecule has 22 heavy (non-hydrogen) atoms. The number of hydrogen-bond acceptors (Lipinski definition) is 4. The summed E-state index contributed by atoms with van der Waals surface area (Å²) in [5, 5.41) is 19.7. The Kier molecular flexibility index (Phi) is 3.97. The molecule has 3 rings (SSSR count).